The fraction of sp³-hybridized carbons (Fsp3) is 0.600. The van der Waals surface area contributed by atoms with Crippen molar-refractivity contribution in [2.24, 2.45) is 11.7 Å². The fourth-order valence-corrected chi connectivity index (χ4v) is 2.99. The summed E-state index contributed by atoms with van der Waals surface area (Å²) in [7, 11) is 0. The molecular weight excluding hydrogens is 352 g/mol. The van der Waals surface area contributed by atoms with Gasteiger partial charge in [-0.1, -0.05) is 0 Å². The zero-order chi connectivity index (χ0) is 17.3. The largest absolute Gasteiger partial charge is 0.433 e. The van der Waals surface area contributed by atoms with Crippen LogP contribution in [0.25, 0.3) is 0 Å². The van der Waals surface area contributed by atoms with Crippen molar-refractivity contribution in [2.45, 2.75) is 37.8 Å². The van der Waals surface area contributed by atoms with Crippen molar-refractivity contribution in [3.63, 3.8) is 0 Å². The van der Waals surface area contributed by atoms with E-state index in [0.29, 0.717) is 31.8 Å². The van der Waals surface area contributed by atoms with Crippen molar-refractivity contribution in [2.75, 3.05) is 13.1 Å². The van der Waals surface area contributed by atoms with Crippen LogP contribution in [0.3, 0.4) is 0 Å². The summed E-state index contributed by atoms with van der Waals surface area (Å²) in [5.74, 6) is -0.884. The van der Waals surface area contributed by atoms with Gasteiger partial charge in [0.15, 0.2) is 5.76 Å². The summed E-state index contributed by atoms with van der Waals surface area (Å²) in [6.45, 7) is 0.814. The molecule has 2 unspecified atom stereocenters. The third kappa shape index (κ3) is 4.29. The SMILES string of the molecule is Cl.NC(CNC(=O)C1CCCN1C(=O)c1ccc([N+](=O)[O-])o1)C1CC1. The van der Waals surface area contributed by atoms with Gasteiger partial charge in [0, 0.05) is 19.1 Å². The zero-order valence-electron chi connectivity index (χ0n) is 13.6. The summed E-state index contributed by atoms with van der Waals surface area (Å²) in [4.78, 5) is 36.2. The maximum atomic E-state index is 12.5. The van der Waals surface area contributed by atoms with Gasteiger partial charge in [0.05, 0.1) is 6.07 Å². The third-order valence-electron chi connectivity index (χ3n) is 4.54. The van der Waals surface area contributed by atoms with Crippen LogP contribution in [0.4, 0.5) is 5.88 Å². The van der Waals surface area contributed by atoms with Crippen LogP contribution < -0.4 is 11.1 Å². The molecule has 3 N–H and O–H groups in total. The Morgan fingerprint density at radius 3 is 2.72 bits per heavy atom. The highest BCUT2D eigenvalue weighted by Crippen LogP contribution is 2.31. The van der Waals surface area contributed by atoms with Gasteiger partial charge in [-0.05, 0) is 37.7 Å². The van der Waals surface area contributed by atoms with Crippen molar-refractivity contribution < 1.29 is 18.9 Å². The monoisotopic (exact) mass is 372 g/mol. The summed E-state index contributed by atoms with van der Waals surface area (Å²) < 4.78 is 4.94. The van der Waals surface area contributed by atoms with E-state index in [4.69, 9.17) is 10.2 Å². The number of amides is 2. The van der Waals surface area contributed by atoms with Gasteiger partial charge in [0.1, 0.15) is 11.0 Å². The summed E-state index contributed by atoms with van der Waals surface area (Å²) >= 11 is 0. The Hall–Kier alpha value is -2.13. The molecule has 1 aliphatic carbocycles. The molecule has 1 aliphatic heterocycles. The van der Waals surface area contributed by atoms with Gasteiger partial charge in [-0.25, -0.2) is 0 Å². The number of halogens is 1. The van der Waals surface area contributed by atoms with Gasteiger partial charge in [0.25, 0.3) is 5.91 Å². The van der Waals surface area contributed by atoms with Crippen molar-refractivity contribution in [3.05, 3.63) is 28.0 Å². The molecule has 0 bridgehead atoms. The van der Waals surface area contributed by atoms with Crippen LogP contribution in [0.1, 0.15) is 36.2 Å². The van der Waals surface area contributed by atoms with Crippen molar-refractivity contribution in [1.82, 2.24) is 10.2 Å². The first kappa shape index (κ1) is 19.2. The van der Waals surface area contributed by atoms with Gasteiger partial charge in [-0.3, -0.25) is 19.7 Å². The van der Waals surface area contributed by atoms with Crippen molar-refractivity contribution in [1.29, 1.82) is 0 Å². The maximum Gasteiger partial charge on any atom is 0.433 e. The number of nitrogens with two attached hydrogens (primary N) is 1. The Bertz CT molecular complexity index is 660. The lowest BCUT2D eigenvalue weighted by Gasteiger charge is -2.23. The van der Waals surface area contributed by atoms with Crippen LogP contribution in [0.5, 0.6) is 0 Å². The van der Waals surface area contributed by atoms with Gasteiger partial charge >= 0.3 is 5.88 Å². The standard InChI is InChI=1S/C15H20N4O5.ClH/c16-10(9-3-4-9)8-17-14(20)11-2-1-7-18(11)15(21)12-5-6-13(24-12)19(22)23;/h5-6,9-11H,1-4,7-8,16H2,(H,17,20);1H. The maximum absolute atomic E-state index is 12.5. The molecular formula is C15H21ClN4O5. The highest BCUT2D eigenvalue weighted by molar-refractivity contribution is 5.96. The second-order valence-corrected chi connectivity index (χ2v) is 6.30. The molecule has 2 aliphatic rings. The van der Waals surface area contributed by atoms with E-state index in [2.05, 4.69) is 5.32 Å². The van der Waals surface area contributed by atoms with Crippen LogP contribution in [0.2, 0.25) is 0 Å². The molecule has 1 aromatic heterocycles. The smallest absolute Gasteiger partial charge is 0.395 e. The Morgan fingerprint density at radius 2 is 2.12 bits per heavy atom. The van der Waals surface area contributed by atoms with E-state index in [1.165, 1.54) is 11.0 Å². The van der Waals surface area contributed by atoms with Crippen molar-refractivity contribution in [3.8, 4) is 0 Å². The van der Waals surface area contributed by atoms with Gasteiger partial charge in [0.2, 0.25) is 5.91 Å². The number of hydrogen-bond donors (Lipinski definition) is 2. The second-order valence-electron chi connectivity index (χ2n) is 6.30. The topological polar surface area (TPSA) is 132 Å². The number of furan rings is 1. The Balaban J connectivity index is 0.00000225. The average Bonchev–Trinajstić information content (AvgIpc) is 3.10. The zero-order valence-corrected chi connectivity index (χ0v) is 14.4. The minimum absolute atomic E-state index is 0. The molecule has 1 saturated heterocycles. The Labute approximate surface area is 150 Å². The van der Waals surface area contributed by atoms with Crippen LogP contribution in [0, 0.1) is 16.0 Å². The van der Waals surface area contributed by atoms with E-state index in [-0.39, 0.29) is 30.1 Å². The lowest BCUT2D eigenvalue weighted by molar-refractivity contribution is -0.402. The normalized spacial score (nSPS) is 20.7. The number of likely N-dealkylation sites (tertiary alicyclic amines) is 1. The van der Waals surface area contributed by atoms with Crippen molar-refractivity contribution >= 4 is 30.1 Å². The number of nitrogens with one attached hydrogen (secondary N) is 1. The third-order valence-corrected chi connectivity index (χ3v) is 4.54. The number of nitro groups is 1. The Morgan fingerprint density at radius 1 is 1.40 bits per heavy atom. The molecule has 1 saturated carbocycles. The number of rotatable bonds is 6. The predicted molar refractivity (Wildman–Crippen MR) is 90.4 cm³/mol. The average molecular weight is 373 g/mol. The molecule has 138 valence electrons. The van der Waals surface area contributed by atoms with Crippen LogP contribution in [-0.4, -0.2) is 46.8 Å². The first-order chi connectivity index (χ1) is 11.5. The summed E-state index contributed by atoms with van der Waals surface area (Å²) in [6.07, 6.45) is 3.45. The molecule has 25 heavy (non-hydrogen) atoms. The predicted octanol–water partition coefficient (Wildman–Crippen LogP) is 1.07. The molecule has 3 rings (SSSR count). The molecule has 0 spiro atoms. The quantitative estimate of drug-likeness (QED) is 0.567. The molecule has 2 fully saturated rings. The van der Waals surface area contributed by atoms with Crippen LogP contribution >= 0.6 is 12.4 Å². The van der Waals surface area contributed by atoms with Gasteiger partial charge < -0.3 is 20.4 Å². The van der Waals surface area contributed by atoms with Crippen LogP contribution in [-0.2, 0) is 4.79 Å². The summed E-state index contributed by atoms with van der Waals surface area (Å²) in [5, 5.41) is 13.5. The van der Waals surface area contributed by atoms with E-state index >= 15 is 0 Å². The molecule has 1 aromatic rings. The van der Waals surface area contributed by atoms with E-state index in [1.54, 1.807) is 0 Å². The molecule has 2 heterocycles. The van der Waals surface area contributed by atoms with Gasteiger partial charge in [-0.2, -0.15) is 0 Å². The summed E-state index contributed by atoms with van der Waals surface area (Å²) in [5.41, 5.74) is 5.97. The number of nitrogens with zero attached hydrogens (tertiary/aromatic N) is 2. The number of hydrogen-bond acceptors (Lipinski definition) is 6. The lowest BCUT2D eigenvalue weighted by Crippen LogP contribution is -2.48. The highest BCUT2D eigenvalue weighted by atomic mass is 35.5. The van der Waals surface area contributed by atoms with E-state index in [9.17, 15) is 19.7 Å². The second kappa shape index (κ2) is 7.83. The van der Waals surface area contributed by atoms with E-state index in [0.717, 1.165) is 18.9 Å². The molecule has 0 aromatic carbocycles. The first-order valence-corrected chi connectivity index (χ1v) is 8.06. The molecule has 2 amide bonds. The molecule has 9 nitrogen and oxygen atoms in total. The first-order valence-electron chi connectivity index (χ1n) is 8.06. The number of carbonyl (C=O) groups is 2. The fourth-order valence-electron chi connectivity index (χ4n) is 2.99. The molecule has 0 radical (unpaired) electrons. The summed E-state index contributed by atoms with van der Waals surface area (Å²) in [6, 6.07) is 1.75. The Kier molecular flexibility index (Phi) is 6.02. The minimum atomic E-state index is -0.704. The van der Waals surface area contributed by atoms with E-state index < -0.39 is 22.8 Å². The molecule has 10 heteroatoms. The van der Waals surface area contributed by atoms with Crippen LogP contribution in [0.15, 0.2) is 16.5 Å². The highest BCUT2D eigenvalue weighted by Gasteiger charge is 2.37. The molecule has 2 atom stereocenters. The lowest BCUT2D eigenvalue weighted by atomic mass is 10.1. The number of carbonyl (C=O) groups excluding carboxylic acids is 2. The minimum Gasteiger partial charge on any atom is -0.395 e. The van der Waals surface area contributed by atoms with E-state index in [1.807, 2.05) is 0 Å². The van der Waals surface area contributed by atoms with Gasteiger partial charge in [-0.15, -0.1) is 12.4 Å².